The third-order valence-electron chi connectivity index (χ3n) is 2.17. The smallest absolute Gasteiger partial charge is 0.226 e. The first kappa shape index (κ1) is 9.33. The van der Waals surface area contributed by atoms with Gasteiger partial charge in [-0.3, -0.25) is 4.79 Å². The Hall–Kier alpha value is -1.23. The highest BCUT2D eigenvalue weighted by Gasteiger charge is 2.14. The third-order valence-corrected chi connectivity index (χ3v) is 2.77. The van der Waals surface area contributed by atoms with Crippen molar-refractivity contribution in [1.82, 2.24) is 10.2 Å². The highest BCUT2D eigenvalue weighted by Crippen LogP contribution is 2.21. The van der Waals surface area contributed by atoms with Crippen LogP contribution in [0.2, 0.25) is 0 Å². The molecule has 0 aliphatic heterocycles. The van der Waals surface area contributed by atoms with Crippen LogP contribution in [0.1, 0.15) is 19.3 Å². The van der Waals surface area contributed by atoms with E-state index in [2.05, 4.69) is 27.7 Å². The molecule has 0 saturated heterocycles. The number of carbonyl (C=O) groups is 1. The average Bonchev–Trinajstić information content (AvgIpc) is 2.76. The van der Waals surface area contributed by atoms with Gasteiger partial charge in [0, 0.05) is 6.42 Å². The van der Waals surface area contributed by atoms with Crippen molar-refractivity contribution < 1.29 is 4.79 Å². The maximum absolute atomic E-state index is 11.5. The Balaban J connectivity index is 1.81. The number of hydrogen-bond donors (Lipinski definition) is 1. The van der Waals surface area contributed by atoms with E-state index in [1.165, 1.54) is 11.3 Å². The van der Waals surface area contributed by atoms with E-state index in [0.717, 1.165) is 12.8 Å². The summed E-state index contributed by atoms with van der Waals surface area (Å²) in [7, 11) is 0. The first-order valence-electron chi connectivity index (χ1n) is 4.57. The van der Waals surface area contributed by atoms with Gasteiger partial charge in [-0.25, -0.2) is 0 Å². The minimum absolute atomic E-state index is 0.0262. The number of hydrogen-bond acceptors (Lipinski definition) is 4. The van der Waals surface area contributed by atoms with Gasteiger partial charge >= 0.3 is 0 Å². The second kappa shape index (κ2) is 4.32. The molecule has 2 rings (SSSR count). The fourth-order valence-corrected chi connectivity index (χ4v) is 1.96. The number of aromatic nitrogens is 2. The predicted octanol–water partition coefficient (Wildman–Crippen LogP) is 1.83. The summed E-state index contributed by atoms with van der Waals surface area (Å²) in [5, 5.41) is 10.7. The van der Waals surface area contributed by atoms with Gasteiger partial charge < -0.3 is 5.32 Å². The van der Waals surface area contributed by atoms with E-state index in [0.29, 0.717) is 17.5 Å². The quantitative estimate of drug-likeness (QED) is 0.773. The highest BCUT2D eigenvalue weighted by molar-refractivity contribution is 7.13. The molecule has 0 fully saturated rings. The molecule has 4 nitrogen and oxygen atoms in total. The molecule has 1 atom stereocenters. The van der Waals surface area contributed by atoms with Crippen LogP contribution in [0.5, 0.6) is 0 Å². The Morgan fingerprint density at radius 3 is 3.29 bits per heavy atom. The summed E-state index contributed by atoms with van der Waals surface area (Å²) in [5.41, 5.74) is 1.60. The molecule has 0 bridgehead atoms. The fourth-order valence-electron chi connectivity index (χ4n) is 1.50. The molecular weight excluding hydrogens is 198 g/mol. The summed E-state index contributed by atoms with van der Waals surface area (Å²) in [6, 6.07) is 0. The maximum atomic E-state index is 11.5. The van der Waals surface area contributed by atoms with Crippen molar-refractivity contribution in [2.75, 3.05) is 5.32 Å². The summed E-state index contributed by atoms with van der Waals surface area (Å²) >= 11 is 1.34. The van der Waals surface area contributed by atoms with Crippen molar-refractivity contribution in [3.63, 3.8) is 0 Å². The molecule has 1 aliphatic carbocycles. The molecule has 1 aromatic heterocycles. The Labute approximate surface area is 86.1 Å². The average molecular weight is 209 g/mol. The second-order valence-corrected chi connectivity index (χ2v) is 4.09. The van der Waals surface area contributed by atoms with Gasteiger partial charge in [-0.05, 0) is 18.8 Å². The molecule has 1 heterocycles. The molecule has 74 valence electrons. The number of anilines is 1. The lowest BCUT2D eigenvalue weighted by molar-refractivity contribution is -0.116. The molecule has 1 aromatic rings. The largest absolute Gasteiger partial charge is 0.301 e. The minimum atomic E-state index is 0.0262. The fraction of sp³-hybridized carbons (Fsp3) is 0.444. The van der Waals surface area contributed by atoms with Crippen LogP contribution >= 0.6 is 11.3 Å². The number of amides is 1. The second-order valence-electron chi connectivity index (χ2n) is 3.26. The van der Waals surface area contributed by atoms with E-state index in [1.807, 2.05) is 0 Å². The van der Waals surface area contributed by atoms with Gasteiger partial charge in [0.05, 0.1) is 0 Å². The van der Waals surface area contributed by atoms with E-state index in [9.17, 15) is 4.79 Å². The van der Waals surface area contributed by atoms with Crippen LogP contribution in [-0.2, 0) is 4.79 Å². The Morgan fingerprint density at radius 1 is 1.71 bits per heavy atom. The van der Waals surface area contributed by atoms with Crippen LogP contribution in [0.3, 0.4) is 0 Å². The lowest BCUT2D eigenvalue weighted by Crippen LogP contribution is -2.14. The van der Waals surface area contributed by atoms with Crippen LogP contribution < -0.4 is 5.32 Å². The molecule has 1 amide bonds. The SMILES string of the molecule is O=C(C[C@H]1C=CCC1)Nc1nncs1. The van der Waals surface area contributed by atoms with Crippen LogP contribution in [0.15, 0.2) is 17.7 Å². The molecule has 1 N–H and O–H groups in total. The van der Waals surface area contributed by atoms with Gasteiger partial charge in [0.25, 0.3) is 0 Å². The van der Waals surface area contributed by atoms with Gasteiger partial charge in [-0.15, -0.1) is 10.2 Å². The molecule has 1 aliphatic rings. The van der Waals surface area contributed by atoms with Gasteiger partial charge in [0.15, 0.2) is 0 Å². The summed E-state index contributed by atoms with van der Waals surface area (Å²) in [6.07, 6.45) is 6.97. The van der Waals surface area contributed by atoms with Crippen molar-refractivity contribution in [1.29, 1.82) is 0 Å². The molecule has 0 unspecified atom stereocenters. The first-order valence-corrected chi connectivity index (χ1v) is 5.45. The van der Waals surface area contributed by atoms with Gasteiger partial charge in [0.2, 0.25) is 11.0 Å². The zero-order valence-corrected chi connectivity index (χ0v) is 8.46. The van der Waals surface area contributed by atoms with E-state index >= 15 is 0 Å². The maximum Gasteiger partial charge on any atom is 0.226 e. The summed E-state index contributed by atoms with van der Waals surface area (Å²) in [6.45, 7) is 0. The van der Waals surface area contributed by atoms with Crippen LogP contribution in [0.4, 0.5) is 5.13 Å². The standard InChI is InChI=1S/C9H11N3OS/c13-8(5-7-3-1-2-4-7)11-9-12-10-6-14-9/h1,3,6-7H,2,4-5H2,(H,11,12,13)/t7-/m0/s1. The monoisotopic (exact) mass is 209 g/mol. The van der Waals surface area contributed by atoms with E-state index in [4.69, 9.17) is 0 Å². The van der Waals surface area contributed by atoms with Gasteiger partial charge in [-0.2, -0.15) is 0 Å². The molecule has 0 spiro atoms. The normalized spacial score (nSPS) is 19.9. The highest BCUT2D eigenvalue weighted by atomic mass is 32.1. The lowest BCUT2D eigenvalue weighted by Gasteiger charge is -2.05. The summed E-state index contributed by atoms with van der Waals surface area (Å²) in [5.74, 6) is 0.432. The number of allylic oxidation sites excluding steroid dienone is 2. The molecule has 0 saturated carbocycles. The topological polar surface area (TPSA) is 54.9 Å². The van der Waals surface area contributed by atoms with Crippen molar-refractivity contribution in [3.05, 3.63) is 17.7 Å². The van der Waals surface area contributed by atoms with E-state index in [-0.39, 0.29) is 5.91 Å². The molecule has 0 radical (unpaired) electrons. The molecule has 5 heteroatoms. The number of rotatable bonds is 3. The Bertz CT molecular complexity index is 334. The summed E-state index contributed by atoms with van der Waals surface area (Å²) in [4.78, 5) is 11.5. The zero-order chi connectivity index (χ0) is 9.80. The third kappa shape index (κ3) is 2.38. The Morgan fingerprint density at radius 2 is 2.64 bits per heavy atom. The van der Waals surface area contributed by atoms with Gasteiger partial charge in [0.1, 0.15) is 5.51 Å². The Kier molecular flexibility index (Phi) is 2.88. The van der Waals surface area contributed by atoms with Crippen molar-refractivity contribution in [3.8, 4) is 0 Å². The van der Waals surface area contributed by atoms with Crippen molar-refractivity contribution in [2.45, 2.75) is 19.3 Å². The van der Waals surface area contributed by atoms with Gasteiger partial charge in [-0.1, -0.05) is 23.5 Å². The number of nitrogens with zero attached hydrogens (tertiary/aromatic N) is 2. The first-order chi connectivity index (χ1) is 6.84. The van der Waals surface area contributed by atoms with Crippen LogP contribution in [-0.4, -0.2) is 16.1 Å². The zero-order valence-electron chi connectivity index (χ0n) is 7.64. The molecule has 14 heavy (non-hydrogen) atoms. The molecular formula is C9H11N3OS. The molecule has 0 aromatic carbocycles. The van der Waals surface area contributed by atoms with Crippen molar-refractivity contribution in [2.24, 2.45) is 5.92 Å². The predicted molar refractivity (Wildman–Crippen MR) is 55.0 cm³/mol. The summed E-state index contributed by atoms with van der Waals surface area (Å²) < 4.78 is 0. The van der Waals surface area contributed by atoms with E-state index < -0.39 is 0 Å². The van der Waals surface area contributed by atoms with Crippen LogP contribution in [0, 0.1) is 5.92 Å². The number of nitrogens with one attached hydrogen (secondary N) is 1. The lowest BCUT2D eigenvalue weighted by atomic mass is 10.1. The van der Waals surface area contributed by atoms with E-state index in [1.54, 1.807) is 5.51 Å². The van der Waals surface area contributed by atoms with Crippen LogP contribution in [0.25, 0.3) is 0 Å². The minimum Gasteiger partial charge on any atom is -0.301 e. The number of carbonyl (C=O) groups excluding carboxylic acids is 1. The van der Waals surface area contributed by atoms with Crippen molar-refractivity contribution >= 4 is 22.4 Å².